The Morgan fingerprint density at radius 3 is 2.79 bits per heavy atom. The third kappa shape index (κ3) is 2.30. The van der Waals surface area contributed by atoms with Crippen LogP contribution in [0.15, 0.2) is 53.3 Å². The van der Waals surface area contributed by atoms with E-state index in [2.05, 4.69) is 16.4 Å². The van der Waals surface area contributed by atoms with Gasteiger partial charge in [-0.3, -0.25) is 0 Å². The molecule has 19 heavy (non-hydrogen) atoms. The molecular formula is C15H15N3O. The monoisotopic (exact) mass is 253 g/mol. The van der Waals surface area contributed by atoms with E-state index >= 15 is 0 Å². The summed E-state index contributed by atoms with van der Waals surface area (Å²) in [4.78, 5) is 4.35. The van der Waals surface area contributed by atoms with E-state index in [0.717, 1.165) is 22.4 Å². The van der Waals surface area contributed by atoms with E-state index in [-0.39, 0.29) is 0 Å². The highest BCUT2D eigenvalue weighted by atomic mass is 16.3. The van der Waals surface area contributed by atoms with Crippen molar-refractivity contribution >= 4 is 16.8 Å². The van der Waals surface area contributed by atoms with E-state index in [1.54, 1.807) is 12.5 Å². The van der Waals surface area contributed by atoms with E-state index in [4.69, 9.17) is 10.2 Å². The van der Waals surface area contributed by atoms with Gasteiger partial charge in [-0.1, -0.05) is 24.3 Å². The number of furan rings is 1. The first-order chi connectivity index (χ1) is 9.38. The zero-order valence-corrected chi connectivity index (χ0v) is 10.5. The predicted molar refractivity (Wildman–Crippen MR) is 75.7 cm³/mol. The van der Waals surface area contributed by atoms with E-state index in [0.29, 0.717) is 13.1 Å². The molecule has 0 fully saturated rings. The molecule has 3 aromatic rings. The van der Waals surface area contributed by atoms with Gasteiger partial charge in [-0.25, -0.2) is 4.98 Å². The van der Waals surface area contributed by atoms with Crippen LogP contribution in [0.4, 0.5) is 5.82 Å². The molecule has 0 bridgehead atoms. The first-order valence-corrected chi connectivity index (χ1v) is 6.21. The summed E-state index contributed by atoms with van der Waals surface area (Å²) in [7, 11) is 0. The maximum Gasteiger partial charge on any atom is 0.139 e. The number of rotatable bonds is 4. The van der Waals surface area contributed by atoms with E-state index < -0.39 is 0 Å². The van der Waals surface area contributed by atoms with Crippen LogP contribution in [0, 0.1) is 0 Å². The lowest BCUT2D eigenvalue weighted by atomic mass is 10.1. The maximum atomic E-state index is 5.74. The van der Waals surface area contributed by atoms with Crippen LogP contribution in [-0.2, 0) is 13.1 Å². The van der Waals surface area contributed by atoms with E-state index in [1.807, 2.05) is 30.3 Å². The Labute approximate surface area is 111 Å². The molecule has 3 rings (SSSR count). The summed E-state index contributed by atoms with van der Waals surface area (Å²) < 4.78 is 5.36. The van der Waals surface area contributed by atoms with Crippen LogP contribution >= 0.6 is 0 Å². The fourth-order valence-electron chi connectivity index (χ4n) is 2.14. The number of aromatic nitrogens is 1. The second kappa shape index (κ2) is 5.12. The number of hydrogen-bond acceptors (Lipinski definition) is 4. The third-order valence-electron chi connectivity index (χ3n) is 3.16. The molecule has 2 heterocycles. The average Bonchev–Trinajstić information content (AvgIpc) is 2.94. The summed E-state index contributed by atoms with van der Waals surface area (Å²) in [6.45, 7) is 1.24. The third-order valence-corrected chi connectivity index (χ3v) is 3.16. The zero-order chi connectivity index (χ0) is 13.1. The first kappa shape index (κ1) is 11.7. The molecule has 0 saturated heterocycles. The van der Waals surface area contributed by atoms with E-state index in [9.17, 15) is 0 Å². The largest absolute Gasteiger partial charge is 0.464 e. The van der Waals surface area contributed by atoms with Gasteiger partial charge >= 0.3 is 0 Å². The molecule has 0 spiro atoms. The van der Waals surface area contributed by atoms with Gasteiger partial charge < -0.3 is 15.5 Å². The maximum absolute atomic E-state index is 5.74. The van der Waals surface area contributed by atoms with Gasteiger partial charge in [0.15, 0.2) is 0 Å². The second-order valence-corrected chi connectivity index (χ2v) is 4.32. The quantitative estimate of drug-likeness (QED) is 0.750. The number of anilines is 1. The Hall–Kier alpha value is -2.33. The number of pyridine rings is 1. The highest BCUT2D eigenvalue weighted by Gasteiger charge is 2.05. The van der Waals surface area contributed by atoms with E-state index in [1.165, 1.54) is 5.56 Å². The molecule has 1 aromatic carbocycles. The minimum Gasteiger partial charge on any atom is -0.464 e. The minimum atomic E-state index is 0.543. The van der Waals surface area contributed by atoms with Gasteiger partial charge in [-0.05, 0) is 23.3 Å². The van der Waals surface area contributed by atoms with Gasteiger partial charge in [-0.2, -0.15) is 0 Å². The summed E-state index contributed by atoms with van der Waals surface area (Å²) in [5.41, 5.74) is 8.91. The Morgan fingerprint density at radius 2 is 1.95 bits per heavy atom. The van der Waals surface area contributed by atoms with Crippen LogP contribution < -0.4 is 11.1 Å². The summed E-state index contributed by atoms with van der Waals surface area (Å²) in [6, 6.07) is 11.9. The van der Waals surface area contributed by atoms with Gasteiger partial charge in [0.05, 0.1) is 11.6 Å². The molecule has 0 radical (unpaired) electrons. The van der Waals surface area contributed by atoms with Crippen LogP contribution in [0.5, 0.6) is 0 Å². The highest BCUT2D eigenvalue weighted by Crippen LogP contribution is 2.22. The van der Waals surface area contributed by atoms with Gasteiger partial charge in [0, 0.05) is 19.3 Å². The number of hydrogen-bond donors (Lipinski definition) is 2. The molecule has 0 aliphatic carbocycles. The number of fused-ring (bicyclic) bond motifs is 1. The second-order valence-electron chi connectivity index (χ2n) is 4.32. The summed E-state index contributed by atoms with van der Waals surface area (Å²) >= 11 is 0. The number of benzene rings is 1. The molecule has 0 aliphatic heterocycles. The summed E-state index contributed by atoms with van der Waals surface area (Å²) in [5, 5.41) is 4.33. The zero-order valence-electron chi connectivity index (χ0n) is 10.5. The van der Waals surface area contributed by atoms with Gasteiger partial charge in [0.1, 0.15) is 11.4 Å². The Morgan fingerprint density at radius 1 is 1.11 bits per heavy atom. The van der Waals surface area contributed by atoms with Crippen LogP contribution in [0.2, 0.25) is 0 Å². The van der Waals surface area contributed by atoms with Crippen molar-refractivity contribution in [2.45, 2.75) is 13.1 Å². The van der Waals surface area contributed by atoms with Crippen LogP contribution in [0.25, 0.3) is 11.0 Å². The molecule has 3 N–H and O–H groups in total. The van der Waals surface area contributed by atoms with Gasteiger partial charge in [0.25, 0.3) is 0 Å². The van der Waals surface area contributed by atoms with Crippen molar-refractivity contribution < 1.29 is 4.42 Å². The molecule has 4 nitrogen and oxygen atoms in total. The number of nitrogens with two attached hydrogens (primary N) is 1. The van der Waals surface area contributed by atoms with Crippen LogP contribution in [0.3, 0.4) is 0 Å². The van der Waals surface area contributed by atoms with Crippen molar-refractivity contribution in [3.05, 3.63) is 60.0 Å². The molecule has 0 saturated carbocycles. The summed E-state index contributed by atoms with van der Waals surface area (Å²) in [6.07, 6.45) is 3.41. The molecule has 0 aliphatic rings. The molecule has 96 valence electrons. The highest BCUT2D eigenvalue weighted by molar-refractivity contribution is 5.87. The minimum absolute atomic E-state index is 0.543. The van der Waals surface area contributed by atoms with Crippen molar-refractivity contribution in [1.82, 2.24) is 4.98 Å². The summed E-state index contributed by atoms with van der Waals surface area (Å²) in [5.74, 6) is 0.832. The molecular weight excluding hydrogens is 238 g/mol. The molecule has 0 amide bonds. The molecule has 2 aromatic heterocycles. The average molecular weight is 253 g/mol. The Bertz CT molecular complexity index is 690. The predicted octanol–water partition coefficient (Wildman–Crippen LogP) is 2.90. The standard InChI is InChI=1S/C15H15N3O/c16-9-11-3-1-2-4-12(11)10-18-15-13-6-8-19-14(13)5-7-17-15/h1-8H,9-10,16H2,(H,17,18). The lowest BCUT2D eigenvalue weighted by molar-refractivity contribution is 0.615. The smallest absolute Gasteiger partial charge is 0.139 e. The number of nitrogens with zero attached hydrogens (tertiary/aromatic N) is 1. The Kier molecular flexibility index (Phi) is 3.16. The Balaban J connectivity index is 1.84. The van der Waals surface area contributed by atoms with Crippen LogP contribution in [-0.4, -0.2) is 4.98 Å². The van der Waals surface area contributed by atoms with Crippen LogP contribution in [0.1, 0.15) is 11.1 Å². The normalized spacial score (nSPS) is 10.8. The fourth-order valence-corrected chi connectivity index (χ4v) is 2.14. The van der Waals surface area contributed by atoms with Gasteiger partial charge in [-0.15, -0.1) is 0 Å². The van der Waals surface area contributed by atoms with Crippen molar-refractivity contribution in [2.24, 2.45) is 5.73 Å². The first-order valence-electron chi connectivity index (χ1n) is 6.21. The van der Waals surface area contributed by atoms with Crippen molar-refractivity contribution in [1.29, 1.82) is 0 Å². The van der Waals surface area contributed by atoms with Crippen molar-refractivity contribution in [3.63, 3.8) is 0 Å². The lowest BCUT2D eigenvalue weighted by Crippen LogP contribution is -2.07. The number of nitrogens with one attached hydrogen (secondary N) is 1. The van der Waals surface area contributed by atoms with Gasteiger partial charge in [0.2, 0.25) is 0 Å². The SMILES string of the molecule is NCc1ccccc1CNc1nccc2occc12. The molecule has 0 unspecified atom stereocenters. The fraction of sp³-hybridized carbons (Fsp3) is 0.133. The topological polar surface area (TPSA) is 64.1 Å². The molecule has 0 atom stereocenters. The van der Waals surface area contributed by atoms with Crippen molar-refractivity contribution in [2.75, 3.05) is 5.32 Å². The molecule has 4 heteroatoms. The van der Waals surface area contributed by atoms with Crippen molar-refractivity contribution in [3.8, 4) is 0 Å². The lowest BCUT2D eigenvalue weighted by Gasteiger charge is -2.10.